The Bertz CT molecular complexity index is 220. The maximum atomic E-state index is 2.52. The van der Waals surface area contributed by atoms with Gasteiger partial charge in [-0.15, -0.1) is 0 Å². The molecule has 0 saturated heterocycles. The summed E-state index contributed by atoms with van der Waals surface area (Å²) in [5.41, 5.74) is 0. The van der Waals surface area contributed by atoms with Crippen LogP contribution in [0, 0.1) is 0 Å². The third-order valence-corrected chi connectivity index (χ3v) is 11.6. The van der Waals surface area contributed by atoms with Crippen LogP contribution < -0.4 is 0 Å². The first kappa shape index (κ1) is 21.3. The van der Waals surface area contributed by atoms with Crippen molar-refractivity contribution in [3.8, 4) is 0 Å². The number of hydrogen-bond donors (Lipinski definition) is 0. The molecule has 0 nitrogen and oxygen atoms in total. The van der Waals surface area contributed by atoms with Gasteiger partial charge < -0.3 is 0 Å². The predicted octanol–water partition coefficient (Wildman–Crippen LogP) is 7.71. The van der Waals surface area contributed by atoms with Crippen LogP contribution in [0.4, 0.5) is 0 Å². The minimum atomic E-state index is -0.917. The Balaban J connectivity index is 4.23. The summed E-state index contributed by atoms with van der Waals surface area (Å²) >= 11 is -0.917. The van der Waals surface area contributed by atoms with Crippen molar-refractivity contribution in [2.24, 2.45) is 0 Å². The van der Waals surface area contributed by atoms with Gasteiger partial charge in [0.25, 0.3) is 0 Å². The van der Waals surface area contributed by atoms with Crippen molar-refractivity contribution in [3.05, 3.63) is 10.5 Å². The van der Waals surface area contributed by atoms with E-state index in [0.717, 1.165) is 0 Å². The predicted molar refractivity (Wildman–Crippen MR) is 102 cm³/mol. The van der Waals surface area contributed by atoms with Gasteiger partial charge >= 0.3 is 140 Å². The Kier molecular flexibility index (Phi) is 16.9. The molecular formula is C20H41Ge. The second kappa shape index (κ2) is 16.6. The zero-order valence-electron chi connectivity index (χ0n) is 15.5. The Morgan fingerprint density at radius 3 is 1.57 bits per heavy atom. The molecule has 0 fully saturated rings. The fourth-order valence-corrected chi connectivity index (χ4v) is 9.75. The molecule has 0 N–H and O–H groups in total. The average Bonchev–Trinajstić information content (AvgIpc) is 2.50. The number of rotatable bonds is 15. The fraction of sp³-hybridized carbons (Fsp3) is 0.900. The van der Waals surface area contributed by atoms with E-state index in [2.05, 4.69) is 33.8 Å². The summed E-state index contributed by atoms with van der Waals surface area (Å²) in [7, 11) is 0. The molecule has 21 heavy (non-hydrogen) atoms. The maximum absolute atomic E-state index is 2.52. The molecule has 125 valence electrons. The molecule has 0 aliphatic heterocycles. The van der Waals surface area contributed by atoms with E-state index in [1.54, 1.807) is 10.5 Å². The molecule has 0 unspecified atom stereocenters. The zero-order chi connectivity index (χ0) is 15.8. The van der Waals surface area contributed by atoms with Gasteiger partial charge in [-0.25, -0.2) is 0 Å². The van der Waals surface area contributed by atoms with Gasteiger partial charge in [-0.3, -0.25) is 0 Å². The molecule has 1 heteroatoms. The molecule has 0 aromatic rings. The van der Waals surface area contributed by atoms with Crippen LogP contribution in [0.25, 0.3) is 0 Å². The summed E-state index contributed by atoms with van der Waals surface area (Å²) in [6.45, 7) is 9.28. The molecule has 0 aromatic heterocycles. The van der Waals surface area contributed by atoms with Gasteiger partial charge in [0.1, 0.15) is 0 Å². The molecular weight excluding hydrogens is 313 g/mol. The Morgan fingerprint density at radius 1 is 0.667 bits per heavy atom. The van der Waals surface area contributed by atoms with E-state index in [1.165, 1.54) is 77.0 Å². The van der Waals surface area contributed by atoms with Gasteiger partial charge in [0.2, 0.25) is 0 Å². The van der Waals surface area contributed by atoms with E-state index < -0.39 is 14.3 Å². The summed E-state index contributed by atoms with van der Waals surface area (Å²) in [5, 5.41) is 3.22. The zero-order valence-corrected chi connectivity index (χ0v) is 17.6. The quantitative estimate of drug-likeness (QED) is 0.209. The second-order valence-corrected chi connectivity index (χ2v) is 12.5. The molecule has 1 radical (unpaired) electrons. The molecule has 0 aliphatic rings. The van der Waals surface area contributed by atoms with Crippen molar-refractivity contribution >= 4 is 14.3 Å². The Hall–Kier alpha value is 0.283. The minimum absolute atomic E-state index is 0.917. The molecule has 0 aromatic carbocycles. The SMILES string of the molecule is CC=[C](CCCCC)[Ge]([CH2]CCCCC)[CH2]CCCCC. The summed E-state index contributed by atoms with van der Waals surface area (Å²) < 4.78 is 1.94. The first-order valence-corrected chi connectivity index (χ1v) is 13.8. The van der Waals surface area contributed by atoms with Gasteiger partial charge in [0.05, 0.1) is 0 Å². The molecule has 0 saturated carbocycles. The van der Waals surface area contributed by atoms with Crippen LogP contribution in [0.15, 0.2) is 10.5 Å². The van der Waals surface area contributed by atoms with E-state index >= 15 is 0 Å². The topological polar surface area (TPSA) is 0 Å². The normalized spacial score (nSPS) is 12.3. The van der Waals surface area contributed by atoms with Gasteiger partial charge in [0, 0.05) is 0 Å². The molecule has 0 heterocycles. The molecule has 0 amide bonds. The standard InChI is InChI=1S/C20H41Ge/c1-5-9-12-15-18-21(19-16-13-10-6-2)20(8-4)17-14-11-7-3/h8H,5-7,9-19H2,1-4H3. The molecule has 0 atom stereocenters. The van der Waals surface area contributed by atoms with Gasteiger partial charge in [-0.05, 0) is 0 Å². The van der Waals surface area contributed by atoms with E-state index in [-0.39, 0.29) is 0 Å². The van der Waals surface area contributed by atoms with Crippen molar-refractivity contribution in [3.63, 3.8) is 0 Å². The van der Waals surface area contributed by atoms with Crippen LogP contribution in [-0.2, 0) is 0 Å². The summed E-state index contributed by atoms with van der Waals surface area (Å²) in [4.78, 5) is 0. The van der Waals surface area contributed by atoms with Crippen LogP contribution in [0.1, 0.15) is 105 Å². The molecule has 0 rings (SSSR count). The number of unbranched alkanes of at least 4 members (excludes halogenated alkanes) is 8. The Labute approximate surface area is 140 Å². The van der Waals surface area contributed by atoms with E-state index in [9.17, 15) is 0 Å². The van der Waals surface area contributed by atoms with Crippen molar-refractivity contribution in [1.82, 2.24) is 0 Å². The molecule has 0 spiro atoms. The van der Waals surface area contributed by atoms with Crippen molar-refractivity contribution in [2.45, 2.75) is 115 Å². The summed E-state index contributed by atoms with van der Waals surface area (Å²) in [6.07, 6.45) is 19.8. The van der Waals surface area contributed by atoms with Crippen LogP contribution in [0.3, 0.4) is 0 Å². The first-order chi connectivity index (χ1) is 10.3. The van der Waals surface area contributed by atoms with Gasteiger partial charge in [-0.1, -0.05) is 0 Å². The third kappa shape index (κ3) is 12.5. The Morgan fingerprint density at radius 2 is 1.14 bits per heavy atom. The molecule has 0 aliphatic carbocycles. The summed E-state index contributed by atoms with van der Waals surface area (Å²) in [6, 6.07) is 0. The van der Waals surface area contributed by atoms with Crippen LogP contribution in [0.2, 0.25) is 10.5 Å². The first-order valence-electron chi connectivity index (χ1n) is 9.80. The van der Waals surface area contributed by atoms with Crippen LogP contribution in [-0.4, -0.2) is 14.3 Å². The van der Waals surface area contributed by atoms with Crippen molar-refractivity contribution in [2.75, 3.05) is 0 Å². The van der Waals surface area contributed by atoms with Gasteiger partial charge in [0.15, 0.2) is 0 Å². The van der Waals surface area contributed by atoms with Crippen molar-refractivity contribution in [1.29, 1.82) is 0 Å². The van der Waals surface area contributed by atoms with Crippen molar-refractivity contribution < 1.29 is 0 Å². The van der Waals surface area contributed by atoms with Crippen LogP contribution in [0.5, 0.6) is 0 Å². The number of allylic oxidation sites excluding steroid dienone is 2. The number of hydrogen-bond acceptors (Lipinski definition) is 0. The van der Waals surface area contributed by atoms with E-state index in [4.69, 9.17) is 0 Å². The van der Waals surface area contributed by atoms with E-state index in [0.29, 0.717) is 0 Å². The van der Waals surface area contributed by atoms with E-state index in [1.807, 2.05) is 4.41 Å². The monoisotopic (exact) mass is 355 g/mol. The summed E-state index contributed by atoms with van der Waals surface area (Å²) in [5.74, 6) is 0. The third-order valence-electron chi connectivity index (χ3n) is 4.52. The fourth-order valence-electron chi connectivity index (χ4n) is 3.07. The van der Waals surface area contributed by atoms with Gasteiger partial charge in [-0.2, -0.15) is 0 Å². The molecule has 0 bridgehead atoms. The second-order valence-electron chi connectivity index (χ2n) is 6.50. The average molecular weight is 354 g/mol. The van der Waals surface area contributed by atoms with Crippen LogP contribution >= 0.6 is 0 Å².